The van der Waals surface area contributed by atoms with Crippen molar-refractivity contribution < 1.29 is 21.9 Å². The number of sulfonamides is 1. The van der Waals surface area contributed by atoms with E-state index in [-0.39, 0.29) is 17.2 Å². The lowest BCUT2D eigenvalue weighted by Crippen LogP contribution is -2.23. The van der Waals surface area contributed by atoms with Crippen LogP contribution >= 0.6 is 0 Å². The lowest BCUT2D eigenvalue weighted by Gasteiger charge is -2.08. The maximum Gasteiger partial charge on any atom is 0.272 e. The molecule has 1 aromatic carbocycles. The first-order valence-corrected chi connectivity index (χ1v) is 7.83. The van der Waals surface area contributed by atoms with Crippen LogP contribution in [0.5, 0.6) is 5.75 Å². The molecule has 22 heavy (non-hydrogen) atoms. The highest BCUT2D eigenvalue weighted by Gasteiger charge is 2.14. The normalized spacial score (nSPS) is 11.8. The topological polar surface area (TPSA) is 73.2 Å². The minimum atomic E-state index is -3.69. The van der Waals surface area contributed by atoms with Gasteiger partial charge in [-0.15, -0.1) is 0 Å². The Hall–Kier alpha value is -2.00. The molecule has 0 aliphatic carbocycles. The van der Waals surface area contributed by atoms with Crippen LogP contribution in [-0.4, -0.2) is 31.2 Å². The maximum atomic E-state index is 12.1. The standard InChI is InChI=1S/C13H15F2N3O3S/c1-18-8-10(6-16-18)7-17-22(19,20)12-4-2-11(3-5-12)21-9-13(14)15/h2-6,8,13,17H,7,9H2,1H3. The van der Waals surface area contributed by atoms with Crippen LogP contribution in [-0.2, 0) is 23.6 Å². The fraction of sp³-hybridized carbons (Fsp3) is 0.308. The number of rotatable bonds is 7. The number of benzene rings is 1. The minimum absolute atomic E-state index is 0.0285. The molecule has 0 amide bonds. The van der Waals surface area contributed by atoms with E-state index in [4.69, 9.17) is 4.74 Å². The number of hydrogen-bond acceptors (Lipinski definition) is 4. The number of aryl methyl sites for hydroxylation is 1. The fourth-order valence-corrected chi connectivity index (χ4v) is 2.72. The molecule has 0 bridgehead atoms. The molecule has 0 unspecified atom stereocenters. The predicted molar refractivity (Wildman–Crippen MR) is 75.2 cm³/mol. The van der Waals surface area contributed by atoms with Crippen molar-refractivity contribution in [1.82, 2.24) is 14.5 Å². The summed E-state index contributed by atoms with van der Waals surface area (Å²) < 4.78 is 57.0. The first-order valence-electron chi connectivity index (χ1n) is 6.35. The van der Waals surface area contributed by atoms with E-state index < -0.39 is 23.1 Å². The zero-order valence-corrected chi connectivity index (χ0v) is 12.6. The zero-order valence-electron chi connectivity index (χ0n) is 11.7. The van der Waals surface area contributed by atoms with Crippen LogP contribution in [0, 0.1) is 0 Å². The van der Waals surface area contributed by atoms with Gasteiger partial charge in [-0.3, -0.25) is 4.68 Å². The molecule has 0 spiro atoms. The second-order valence-corrected chi connectivity index (χ2v) is 6.29. The van der Waals surface area contributed by atoms with Crippen LogP contribution in [0.2, 0.25) is 0 Å². The van der Waals surface area contributed by atoms with Crippen LogP contribution in [0.3, 0.4) is 0 Å². The van der Waals surface area contributed by atoms with Crippen LogP contribution in [0.15, 0.2) is 41.6 Å². The number of hydrogen-bond donors (Lipinski definition) is 1. The van der Waals surface area contributed by atoms with E-state index in [1.165, 1.54) is 24.3 Å². The quantitative estimate of drug-likeness (QED) is 0.835. The van der Waals surface area contributed by atoms with E-state index in [0.29, 0.717) is 0 Å². The summed E-state index contributed by atoms with van der Waals surface area (Å²) in [5.74, 6) is 0.187. The van der Waals surface area contributed by atoms with E-state index in [1.54, 1.807) is 24.1 Å². The third-order valence-electron chi connectivity index (χ3n) is 2.73. The van der Waals surface area contributed by atoms with Gasteiger partial charge >= 0.3 is 0 Å². The molecule has 9 heteroatoms. The molecule has 1 aromatic heterocycles. The summed E-state index contributed by atoms with van der Waals surface area (Å²) in [5, 5.41) is 3.94. The molecule has 6 nitrogen and oxygen atoms in total. The third-order valence-corrected chi connectivity index (χ3v) is 4.15. The van der Waals surface area contributed by atoms with E-state index >= 15 is 0 Å². The second kappa shape index (κ2) is 6.84. The van der Waals surface area contributed by atoms with E-state index in [1.807, 2.05) is 0 Å². The summed E-state index contributed by atoms with van der Waals surface area (Å²) in [7, 11) is -1.96. The van der Waals surface area contributed by atoms with Gasteiger partial charge in [-0.05, 0) is 24.3 Å². The fourth-order valence-electron chi connectivity index (χ4n) is 1.70. The third kappa shape index (κ3) is 4.50. The number of alkyl halides is 2. The molecule has 0 saturated carbocycles. The molecule has 0 aliphatic heterocycles. The van der Waals surface area contributed by atoms with Gasteiger partial charge in [0.05, 0.1) is 11.1 Å². The van der Waals surface area contributed by atoms with Gasteiger partial charge in [0.15, 0.2) is 0 Å². The highest BCUT2D eigenvalue weighted by atomic mass is 32.2. The first-order chi connectivity index (χ1) is 10.4. The molecule has 0 radical (unpaired) electrons. The Bertz CT molecular complexity index is 714. The molecule has 0 atom stereocenters. The second-order valence-electron chi connectivity index (χ2n) is 4.52. The Morgan fingerprint density at radius 2 is 2.00 bits per heavy atom. The number of halogens is 2. The largest absolute Gasteiger partial charge is 0.488 e. The van der Waals surface area contributed by atoms with Crippen molar-refractivity contribution in [2.24, 2.45) is 7.05 Å². The Morgan fingerprint density at radius 3 is 2.55 bits per heavy atom. The molecule has 120 valence electrons. The number of aromatic nitrogens is 2. The highest BCUT2D eigenvalue weighted by Crippen LogP contribution is 2.16. The molecule has 2 rings (SSSR count). The summed E-state index contributed by atoms with van der Waals surface area (Å²) in [6, 6.07) is 5.26. The van der Waals surface area contributed by atoms with Crippen molar-refractivity contribution in [2.45, 2.75) is 17.9 Å². The SMILES string of the molecule is Cn1cc(CNS(=O)(=O)c2ccc(OCC(F)F)cc2)cn1. The van der Waals surface area contributed by atoms with Crippen molar-refractivity contribution in [3.05, 3.63) is 42.2 Å². The summed E-state index contributed by atoms with van der Waals surface area (Å²) in [4.78, 5) is 0.0285. The Kier molecular flexibility index (Phi) is 5.09. The van der Waals surface area contributed by atoms with E-state index in [2.05, 4.69) is 9.82 Å². The number of nitrogens with one attached hydrogen (secondary N) is 1. The van der Waals surface area contributed by atoms with Crippen LogP contribution in [0.4, 0.5) is 8.78 Å². The first kappa shape index (κ1) is 16.4. The van der Waals surface area contributed by atoms with Crippen LogP contribution in [0.1, 0.15) is 5.56 Å². The summed E-state index contributed by atoms with van der Waals surface area (Å²) in [5.41, 5.74) is 0.725. The Morgan fingerprint density at radius 1 is 1.32 bits per heavy atom. The monoisotopic (exact) mass is 331 g/mol. The van der Waals surface area contributed by atoms with Crippen molar-refractivity contribution in [2.75, 3.05) is 6.61 Å². The lowest BCUT2D eigenvalue weighted by molar-refractivity contribution is 0.0819. The van der Waals surface area contributed by atoms with Gasteiger partial charge in [-0.1, -0.05) is 0 Å². The van der Waals surface area contributed by atoms with Gasteiger partial charge in [0, 0.05) is 25.4 Å². The maximum absolute atomic E-state index is 12.1. The highest BCUT2D eigenvalue weighted by molar-refractivity contribution is 7.89. The van der Waals surface area contributed by atoms with Crippen LogP contribution in [0.25, 0.3) is 0 Å². The zero-order chi connectivity index (χ0) is 16.2. The summed E-state index contributed by atoms with van der Waals surface area (Å²) in [6.07, 6.45) is 0.678. The van der Waals surface area contributed by atoms with E-state index in [9.17, 15) is 17.2 Å². The van der Waals surface area contributed by atoms with Crippen molar-refractivity contribution >= 4 is 10.0 Å². The lowest BCUT2D eigenvalue weighted by atomic mass is 10.3. The van der Waals surface area contributed by atoms with Crippen molar-refractivity contribution in [3.63, 3.8) is 0 Å². The Balaban J connectivity index is 1.99. The van der Waals surface area contributed by atoms with Gasteiger partial charge in [0.25, 0.3) is 6.43 Å². The van der Waals surface area contributed by atoms with Gasteiger partial charge in [-0.2, -0.15) is 5.10 Å². The molecular weight excluding hydrogens is 316 g/mol. The molecule has 1 N–H and O–H groups in total. The van der Waals surface area contributed by atoms with Gasteiger partial charge < -0.3 is 4.74 Å². The number of ether oxygens (including phenoxy) is 1. The molecule has 0 saturated heterocycles. The van der Waals surface area contributed by atoms with Crippen molar-refractivity contribution in [1.29, 1.82) is 0 Å². The Labute approximate surface area is 126 Å². The van der Waals surface area contributed by atoms with Gasteiger partial charge in [-0.25, -0.2) is 21.9 Å². The molecule has 1 heterocycles. The predicted octanol–water partition coefficient (Wildman–Crippen LogP) is 1.54. The molecular formula is C13H15F2N3O3S. The average molecular weight is 331 g/mol. The van der Waals surface area contributed by atoms with Crippen LogP contribution < -0.4 is 9.46 Å². The van der Waals surface area contributed by atoms with E-state index in [0.717, 1.165) is 5.56 Å². The van der Waals surface area contributed by atoms with Gasteiger partial charge in [0.1, 0.15) is 12.4 Å². The molecule has 0 aliphatic rings. The summed E-state index contributed by atoms with van der Waals surface area (Å²) in [6.45, 7) is -0.620. The van der Waals surface area contributed by atoms with Crippen molar-refractivity contribution in [3.8, 4) is 5.75 Å². The minimum Gasteiger partial charge on any atom is -0.488 e. The van der Waals surface area contributed by atoms with Gasteiger partial charge in [0.2, 0.25) is 10.0 Å². The molecule has 0 fully saturated rings. The molecule has 2 aromatic rings. The summed E-state index contributed by atoms with van der Waals surface area (Å²) >= 11 is 0. The number of nitrogens with zero attached hydrogens (tertiary/aromatic N) is 2. The smallest absolute Gasteiger partial charge is 0.272 e. The average Bonchev–Trinajstić information content (AvgIpc) is 2.89.